The first-order valence-corrected chi connectivity index (χ1v) is 8.08. The van der Waals surface area contributed by atoms with Crippen LogP contribution in [0.1, 0.15) is 33.6 Å². The Morgan fingerprint density at radius 1 is 1.19 bits per heavy atom. The summed E-state index contributed by atoms with van der Waals surface area (Å²) < 4.78 is 5.09. The maximum Gasteiger partial charge on any atom is 0.327 e. The summed E-state index contributed by atoms with van der Waals surface area (Å²) in [5.41, 5.74) is -0.288. The second-order valence-corrected chi connectivity index (χ2v) is 7.42. The van der Waals surface area contributed by atoms with Crippen LogP contribution in [0, 0.1) is 5.92 Å². The highest BCUT2D eigenvalue weighted by molar-refractivity contribution is 5.82. The van der Waals surface area contributed by atoms with Gasteiger partial charge in [0, 0.05) is 38.3 Å². The molecule has 0 aromatic rings. The van der Waals surface area contributed by atoms with Crippen molar-refractivity contribution < 1.29 is 9.53 Å². The van der Waals surface area contributed by atoms with Gasteiger partial charge in [0.25, 0.3) is 0 Å². The lowest BCUT2D eigenvalue weighted by Gasteiger charge is -2.44. The summed E-state index contributed by atoms with van der Waals surface area (Å²) in [6, 6.07) is 0. The first-order valence-electron chi connectivity index (χ1n) is 8.08. The van der Waals surface area contributed by atoms with Gasteiger partial charge in [0.15, 0.2) is 0 Å². The second kappa shape index (κ2) is 6.23. The van der Waals surface area contributed by atoms with E-state index in [9.17, 15) is 4.79 Å². The molecule has 1 saturated carbocycles. The molecule has 122 valence electrons. The summed E-state index contributed by atoms with van der Waals surface area (Å²) in [6.07, 6.45) is 2.25. The average molecular weight is 297 g/mol. The Morgan fingerprint density at radius 3 is 2.14 bits per heavy atom. The number of methoxy groups -OCH3 is 1. The van der Waals surface area contributed by atoms with Gasteiger partial charge >= 0.3 is 5.97 Å². The molecule has 1 unspecified atom stereocenters. The molecule has 1 saturated heterocycles. The smallest absolute Gasteiger partial charge is 0.327 e. The van der Waals surface area contributed by atoms with Gasteiger partial charge in [0.1, 0.15) is 5.54 Å². The van der Waals surface area contributed by atoms with Gasteiger partial charge in [-0.3, -0.25) is 9.80 Å². The van der Waals surface area contributed by atoms with Crippen molar-refractivity contribution in [3.05, 3.63) is 0 Å². The van der Waals surface area contributed by atoms with Crippen LogP contribution in [0.3, 0.4) is 0 Å². The molecule has 0 amide bonds. The van der Waals surface area contributed by atoms with Crippen LogP contribution in [0.2, 0.25) is 0 Å². The molecule has 1 heterocycles. The molecule has 2 aliphatic rings. The fourth-order valence-electron chi connectivity index (χ4n) is 3.43. The standard InChI is InChI=1S/C16H31N3O2/c1-15(2,3)19-10-8-18(9-11-19)12-16(17-4,13-6-7-13)14(20)21-5/h13,17H,6-12H2,1-5H3. The molecule has 0 spiro atoms. The number of carbonyl (C=O) groups is 1. The van der Waals surface area contributed by atoms with Crippen molar-refractivity contribution in [2.75, 3.05) is 46.9 Å². The summed E-state index contributed by atoms with van der Waals surface area (Å²) in [4.78, 5) is 17.2. The minimum Gasteiger partial charge on any atom is -0.468 e. The molecule has 1 atom stereocenters. The van der Waals surface area contributed by atoms with Crippen LogP contribution in [0.25, 0.3) is 0 Å². The maximum atomic E-state index is 12.3. The summed E-state index contributed by atoms with van der Waals surface area (Å²) in [7, 11) is 3.38. The van der Waals surface area contributed by atoms with Gasteiger partial charge in [-0.1, -0.05) is 0 Å². The van der Waals surface area contributed by atoms with Crippen molar-refractivity contribution in [2.24, 2.45) is 5.92 Å². The number of esters is 1. The Hall–Kier alpha value is -0.650. The van der Waals surface area contributed by atoms with Crippen molar-refractivity contribution in [1.29, 1.82) is 0 Å². The third kappa shape index (κ3) is 3.58. The zero-order chi connectivity index (χ0) is 15.7. The van der Waals surface area contributed by atoms with Gasteiger partial charge in [0.05, 0.1) is 7.11 Å². The molecule has 1 N–H and O–H groups in total. The highest BCUT2D eigenvalue weighted by Crippen LogP contribution is 2.41. The number of carbonyl (C=O) groups excluding carboxylic acids is 1. The summed E-state index contributed by atoms with van der Waals surface area (Å²) in [5, 5.41) is 3.29. The Bertz CT molecular complexity index is 368. The van der Waals surface area contributed by atoms with E-state index in [4.69, 9.17) is 4.74 Å². The quantitative estimate of drug-likeness (QED) is 0.765. The van der Waals surface area contributed by atoms with Gasteiger partial charge in [-0.2, -0.15) is 0 Å². The van der Waals surface area contributed by atoms with Crippen molar-refractivity contribution in [3.8, 4) is 0 Å². The van der Waals surface area contributed by atoms with E-state index in [1.165, 1.54) is 7.11 Å². The fourth-order valence-corrected chi connectivity index (χ4v) is 3.43. The number of nitrogens with zero attached hydrogens (tertiary/aromatic N) is 2. The van der Waals surface area contributed by atoms with Crippen molar-refractivity contribution in [3.63, 3.8) is 0 Å². The number of nitrogens with one attached hydrogen (secondary N) is 1. The molecule has 5 nitrogen and oxygen atoms in total. The predicted octanol–water partition coefficient (Wildman–Crippen LogP) is 0.944. The third-order valence-electron chi connectivity index (χ3n) is 5.06. The number of likely N-dealkylation sites (N-methyl/N-ethyl adjacent to an activating group) is 1. The lowest BCUT2D eigenvalue weighted by molar-refractivity contribution is -0.150. The van der Waals surface area contributed by atoms with E-state index in [1.54, 1.807) is 0 Å². The van der Waals surface area contributed by atoms with Gasteiger partial charge in [-0.05, 0) is 46.6 Å². The van der Waals surface area contributed by atoms with E-state index >= 15 is 0 Å². The number of hydrogen-bond donors (Lipinski definition) is 1. The van der Waals surface area contributed by atoms with Crippen molar-refractivity contribution in [2.45, 2.75) is 44.7 Å². The highest BCUT2D eigenvalue weighted by Gasteiger charge is 2.52. The van der Waals surface area contributed by atoms with E-state index in [-0.39, 0.29) is 11.5 Å². The molecule has 0 aromatic carbocycles. The van der Waals surface area contributed by atoms with Gasteiger partial charge in [0.2, 0.25) is 0 Å². The third-order valence-corrected chi connectivity index (χ3v) is 5.06. The Morgan fingerprint density at radius 2 is 1.76 bits per heavy atom. The molecule has 2 rings (SSSR count). The first-order chi connectivity index (χ1) is 9.83. The average Bonchev–Trinajstić information content (AvgIpc) is 3.28. The van der Waals surface area contributed by atoms with Crippen molar-refractivity contribution >= 4 is 5.97 Å². The van der Waals surface area contributed by atoms with Crippen LogP contribution in [-0.2, 0) is 9.53 Å². The molecule has 1 aliphatic carbocycles. The van der Waals surface area contributed by atoms with Gasteiger partial charge in [-0.25, -0.2) is 4.79 Å². The zero-order valence-corrected chi connectivity index (χ0v) is 14.2. The zero-order valence-electron chi connectivity index (χ0n) is 14.2. The van der Waals surface area contributed by atoms with E-state index in [0.717, 1.165) is 45.6 Å². The highest BCUT2D eigenvalue weighted by atomic mass is 16.5. The molecule has 0 aromatic heterocycles. The molecule has 2 fully saturated rings. The topological polar surface area (TPSA) is 44.8 Å². The number of piperazine rings is 1. The summed E-state index contributed by atoms with van der Waals surface area (Å²) in [5.74, 6) is 0.321. The predicted molar refractivity (Wildman–Crippen MR) is 84.3 cm³/mol. The van der Waals surface area contributed by atoms with E-state index in [1.807, 2.05) is 7.05 Å². The van der Waals surface area contributed by atoms with Crippen LogP contribution >= 0.6 is 0 Å². The van der Waals surface area contributed by atoms with Crippen LogP contribution in [-0.4, -0.2) is 73.7 Å². The Balaban J connectivity index is 1.98. The van der Waals surface area contributed by atoms with E-state index in [0.29, 0.717) is 5.92 Å². The molecule has 21 heavy (non-hydrogen) atoms. The first kappa shape index (κ1) is 16.7. The SMILES string of the molecule is CNC(CN1CCN(C(C)(C)C)CC1)(C(=O)OC)C1CC1. The van der Waals surface area contributed by atoms with Crippen LogP contribution in [0.5, 0.6) is 0 Å². The number of ether oxygens (including phenoxy) is 1. The van der Waals surface area contributed by atoms with Crippen LogP contribution < -0.4 is 5.32 Å². The van der Waals surface area contributed by atoms with Gasteiger partial charge < -0.3 is 10.1 Å². The van der Waals surface area contributed by atoms with Crippen LogP contribution in [0.15, 0.2) is 0 Å². The molecular weight excluding hydrogens is 266 g/mol. The molecule has 1 aliphatic heterocycles. The largest absolute Gasteiger partial charge is 0.468 e. The number of rotatable bonds is 5. The fraction of sp³-hybridized carbons (Fsp3) is 0.938. The lowest BCUT2D eigenvalue weighted by atomic mass is 9.92. The molecule has 5 heteroatoms. The summed E-state index contributed by atoms with van der Waals surface area (Å²) >= 11 is 0. The van der Waals surface area contributed by atoms with Crippen LogP contribution in [0.4, 0.5) is 0 Å². The Labute approximate surface area is 129 Å². The van der Waals surface area contributed by atoms with Crippen molar-refractivity contribution in [1.82, 2.24) is 15.1 Å². The monoisotopic (exact) mass is 297 g/mol. The second-order valence-electron chi connectivity index (χ2n) is 7.42. The Kier molecular flexibility index (Phi) is 4.96. The number of hydrogen-bond acceptors (Lipinski definition) is 5. The lowest BCUT2D eigenvalue weighted by Crippen LogP contribution is -2.63. The minimum absolute atomic E-state index is 0.106. The maximum absolute atomic E-state index is 12.3. The van der Waals surface area contributed by atoms with Gasteiger partial charge in [-0.15, -0.1) is 0 Å². The molecule has 0 bridgehead atoms. The molecular formula is C16H31N3O2. The molecule has 0 radical (unpaired) electrons. The summed E-state index contributed by atoms with van der Waals surface area (Å²) in [6.45, 7) is 11.7. The van der Waals surface area contributed by atoms with E-state index < -0.39 is 5.54 Å². The normalized spacial score (nSPS) is 24.6. The minimum atomic E-state index is -0.515. The van der Waals surface area contributed by atoms with E-state index in [2.05, 4.69) is 35.9 Å².